The van der Waals surface area contributed by atoms with Gasteiger partial charge in [-0.2, -0.15) is 0 Å². The maximum absolute atomic E-state index is 13.1. The summed E-state index contributed by atoms with van der Waals surface area (Å²) < 4.78 is 5.82. The third-order valence-electron chi connectivity index (χ3n) is 5.29. The van der Waals surface area contributed by atoms with Crippen LogP contribution in [0, 0.1) is 0 Å². The number of nitrogens with zero attached hydrogens (tertiary/aromatic N) is 5. The quantitative estimate of drug-likeness (QED) is 0.734. The minimum Gasteiger partial charge on any atom is -0.365 e. The molecule has 1 amide bonds. The van der Waals surface area contributed by atoms with Crippen LogP contribution in [0.1, 0.15) is 11.1 Å². The first-order valence-electron chi connectivity index (χ1n) is 9.16. The van der Waals surface area contributed by atoms with Gasteiger partial charge in [-0.25, -0.2) is 15.0 Å². The van der Waals surface area contributed by atoms with Crippen LogP contribution < -0.4 is 4.90 Å². The summed E-state index contributed by atoms with van der Waals surface area (Å²) in [5.41, 5.74) is 3.97. The van der Waals surface area contributed by atoms with Gasteiger partial charge in [0, 0.05) is 19.6 Å². The second kappa shape index (κ2) is 6.62. The standard InChI is InChI=1S/C19H20N6O2/c26-19(25-6-5-13-3-1-2-4-14(13)9-25)15-10-24(7-8-27-15)18-16-17(21-11-20-16)22-12-23-18/h1-4,11-12,15H,5-10H2,(H,20,21,22,23). The molecule has 2 aliphatic heterocycles. The van der Waals surface area contributed by atoms with Crippen molar-refractivity contribution < 1.29 is 9.53 Å². The molecule has 2 aliphatic rings. The van der Waals surface area contributed by atoms with Gasteiger partial charge in [0.2, 0.25) is 0 Å². The third-order valence-corrected chi connectivity index (χ3v) is 5.29. The number of hydrogen-bond acceptors (Lipinski definition) is 6. The number of rotatable bonds is 2. The number of fused-ring (bicyclic) bond motifs is 2. The molecule has 1 N–H and O–H groups in total. The van der Waals surface area contributed by atoms with Crippen LogP contribution in [0.15, 0.2) is 36.9 Å². The minimum atomic E-state index is -0.489. The van der Waals surface area contributed by atoms with Gasteiger partial charge >= 0.3 is 0 Å². The Kier molecular flexibility index (Phi) is 3.97. The van der Waals surface area contributed by atoms with Gasteiger partial charge in [-0.15, -0.1) is 0 Å². The maximum atomic E-state index is 13.1. The predicted molar refractivity (Wildman–Crippen MR) is 99.2 cm³/mol. The van der Waals surface area contributed by atoms with Crippen molar-refractivity contribution >= 4 is 22.9 Å². The van der Waals surface area contributed by atoms with Crippen molar-refractivity contribution in [2.24, 2.45) is 0 Å². The van der Waals surface area contributed by atoms with Crippen LogP contribution in [0.5, 0.6) is 0 Å². The van der Waals surface area contributed by atoms with Gasteiger partial charge in [0.15, 0.2) is 17.6 Å². The Morgan fingerprint density at radius 1 is 1.15 bits per heavy atom. The summed E-state index contributed by atoms with van der Waals surface area (Å²) in [4.78, 5) is 32.9. The summed E-state index contributed by atoms with van der Waals surface area (Å²) in [5.74, 6) is 0.812. The zero-order chi connectivity index (χ0) is 18.2. The molecule has 1 aromatic carbocycles. The fourth-order valence-electron chi connectivity index (χ4n) is 3.87. The van der Waals surface area contributed by atoms with Crippen molar-refractivity contribution in [3.05, 3.63) is 48.0 Å². The van der Waals surface area contributed by atoms with Gasteiger partial charge in [0.25, 0.3) is 5.91 Å². The van der Waals surface area contributed by atoms with Crippen LogP contribution in [-0.2, 0) is 22.5 Å². The van der Waals surface area contributed by atoms with E-state index in [-0.39, 0.29) is 5.91 Å². The highest BCUT2D eigenvalue weighted by molar-refractivity contribution is 5.85. The monoisotopic (exact) mass is 364 g/mol. The largest absolute Gasteiger partial charge is 0.365 e. The maximum Gasteiger partial charge on any atom is 0.253 e. The summed E-state index contributed by atoms with van der Waals surface area (Å²) in [7, 11) is 0. The van der Waals surface area contributed by atoms with Crippen LogP contribution in [0.2, 0.25) is 0 Å². The van der Waals surface area contributed by atoms with E-state index in [2.05, 4.69) is 43.0 Å². The number of ether oxygens (including phenoxy) is 1. The predicted octanol–water partition coefficient (Wildman–Crippen LogP) is 1.14. The van der Waals surface area contributed by atoms with Crippen LogP contribution in [0.4, 0.5) is 5.82 Å². The molecule has 3 aromatic rings. The Bertz CT molecular complexity index is 987. The lowest BCUT2D eigenvalue weighted by Gasteiger charge is -2.37. The molecular formula is C19H20N6O2. The van der Waals surface area contributed by atoms with Crippen LogP contribution in [0.25, 0.3) is 11.2 Å². The highest BCUT2D eigenvalue weighted by Gasteiger charge is 2.33. The van der Waals surface area contributed by atoms with Gasteiger partial charge in [-0.05, 0) is 17.5 Å². The average Bonchev–Trinajstić information content (AvgIpc) is 3.22. The van der Waals surface area contributed by atoms with Crippen molar-refractivity contribution in [2.45, 2.75) is 19.1 Å². The molecule has 0 spiro atoms. The third kappa shape index (κ3) is 2.91. The van der Waals surface area contributed by atoms with E-state index in [0.717, 1.165) is 24.3 Å². The number of anilines is 1. The second-order valence-electron chi connectivity index (χ2n) is 6.88. The van der Waals surface area contributed by atoms with Crippen LogP contribution in [-0.4, -0.2) is 63.1 Å². The van der Waals surface area contributed by atoms with Gasteiger partial charge in [-0.3, -0.25) is 4.79 Å². The zero-order valence-electron chi connectivity index (χ0n) is 14.8. The molecular weight excluding hydrogens is 344 g/mol. The van der Waals surface area contributed by atoms with E-state index in [1.807, 2.05) is 11.0 Å². The number of amides is 1. The normalized spacial score (nSPS) is 19.9. The van der Waals surface area contributed by atoms with Crippen LogP contribution in [0.3, 0.4) is 0 Å². The molecule has 5 rings (SSSR count). The van der Waals surface area contributed by atoms with E-state index < -0.39 is 6.10 Å². The molecule has 4 heterocycles. The van der Waals surface area contributed by atoms with Gasteiger partial charge in [0.05, 0.1) is 19.5 Å². The van der Waals surface area contributed by atoms with Gasteiger partial charge in [0.1, 0.15) is 11.8 Å². The molecule has 1 unspecified atom stereocenters. The molecule has 27 heavy (non-hydrogen) atoms. The summed E-state index contributed by atoms with van der Waals surface area (Å²) in [6, 6.07) is 8.31. The number of benzene rings is 1. The summed E-state index contributed by atoms with van der Waals surface area (Å²) >= 11 is 0. The SMILES string of the molecule is O=C(C1CN(c2ncnc3nc[nH]c23)CCO1)N1CCc2ccccc2C1. The van der Waals surface area contributed by atoms with Gasteiger partial charge < -0.3 is 19.5 Å². The fraction of sp³-hybridized carbons (Fsp3) is 0.368. The molecule has 0 radical (unpaired) electrons. The first-order chi connectivity index (χ1) is 13.3. The Balaban J connectivity index is 1.34. The van der Waals surface area contributed by atoms with Crippen molar-refractivity contribution in [3.63, 3.8) is 0 Å². The summed E-state index contributed by atoms with van der Waals surface area (Å²) in [6.07, 6.45) is 3.51. The molecule has 1 saturated heterocycles. The van der Waals surface area contributed by atoms with E-state index in [1.165, 1.54) is 17.5 Å². The lowest BCUT2D eigenvalue weighted by Crippen LogP contribution is -2.52. The number of hydrogen-bond donors (Lipinski definition) is 1. The number of imidazole rings is 1. The van der Waals surface area contributed by atoms with E-state index in [0.29, 0.717) is 31.9 Å². The number of aromatic nitrogens is 4. The Morgan fingerprint density at radius 2 is 2.04 bits per heavy atom. The Hall–Kier alpha value is -3.00. The zero-order valence-corrected chi connectivity index (χ0v) is 14.8. The number of aromatic amines is 1. The van der Waals surface area contributed by atoms with E-state index >= 15 is 0 Å². The number of H-pyrrole nitrogens is 1. The Morgan fingerprint density at radius 3 is 2.96 bits per heavy atom. The lowest BCUT2D eigenvalue weighted by atomic mass is 9.99. The topological polar surface area (TPSA) is 87.2 Å². The first kappa shape index (κ1) is 16.2. The number of carbonyl (C=O) groups is 1. The molecule has 0 aliphatic carbocycles. The first-order valence-corrected chi connectivity index (χ1v) is 9.16. The highest BCUT2D eigenvalue weighted by Crippen LogP contribution is 2.24. The molecule has 138 valence electrons. The molecule has 0 saturated carbocycles. The summed E-state index contributed by atoms with van der Waals surface area (Å²) in [5, 5.41) is 0. The minimum absolute atomic E-state index is 0.0455. The van der Waals surface area contributed by atoms with Crippen molar-refractivity contribution in [1.82, 2.24) is 24.8 Å². The van der Waals surface area contributed by atoms with Crippen molar-refractivity contribution in [2.75, 3.05) is 31.1 Å². The summed E-state index contributed by atoms with van der Waals surface area (Å²) in [6.45, 7) is 3.02. The lowest BCUT2D eigenvalue weighted by molar-refractivity contribution is -0.145. The second-order valence-corrected chi connectivity index (χ2v) is 6.88. The molecule has 0 bridgehead atoms. The number of nitrogens with one attached hydrogen (secondary N) is 1. The number of morpholine rings is 1. The van der Waals surface area contributed by atoms with E-state index in [1.54, 1.807) is 6.33 Å². The molecule has 2 aromatic heterocycles. The molecule has 1 atom stereocenters. The van der Waals surface area contributed by atoms with Gasteiger partial charge in [-0.1, -0.05) is 24.3 Å². The van der Waals surface area contributed by atoms with E-state index in [4.69, 9.17) is 4.74 Å². The molecule has 8 heteroatoms. The van der Waals surface area contributed by atoms with Crippen molar-refractivity contribution in [3.8, 4) is 0 Å². The molecule has 1 fully saturated rings. The molecule has 8 nitrogen and oxygen atoms in total. The highest BCUT2D eigenvalue weighted by atomic mass is 16.5. The Labute approximate surface area is 156 Å². The van der Waals surface area contributed by atoms with Crippen molar-refractivity contribution in [1.29, 1.82) is 0 Å². The smallest absolute Gasteiger partial charge is 0.253 e. The number of carbonyl (C=O) groups excluding carboxylic acids is 1. The van der Waals surface area contributed by atoms with E-state index in [9.17, 15) is 4.79 Å². The van der Waals surface area contributed by atoms with Crippen LogP contribution >= 0.6 is 0 Å². The fourth-order valence-corrected chi connectivity index (χ4v) is 3.87. The average molecular weight is 364 g/mol.